The van der Waals surface area contributed by atoms with Crippen LogP contribution in [0.5, 0.6) is 0 Å². The zero-order valence-corrected chi connectivity index (χ0v) is 34.2. The molecule has 1 saturated heterocycles. The van der Waals surface area contributed by atoms with Crippen molar-refractivity contribution in [2.45, 2.75) is 40.2 Å². The van der Waals surface area contributed by atoms with E-state index in [4.69, 9.17) is 23.7 Å². The molecule has 0 radical (unpaired) electrons. The van der Waals surface area contributed by atoms with Crippen molar-refractivity contribution in [3.63, 3.8) is 0 Å². The van der Waals surface area contributed by atoms with E-state index >= 15 is 0 Å². The SMILES string of the molecule is CC.CCOC(=O)Cn1cc(N(CCOCCOCCOCCOCCN2C(=O)c3ccccc3C2=O)C(=O)[C@H]2CCCN(c3cncc4ccccc34)C2)ccc1=O. The Morgan fingerprint density at radius 1 is 0.780 bits per heavy atom. The van der Waals surface area contributed by atoms with E-state index < -0.39 is 5.97 Å². The first-order valence-electron chi connectivity index (χ1n) is 20.4. The van der Waals surface area contributed by atoms with Gasteiger partial charge in [0.05, 0.1) is 101 Å². The van der Waals surface area contributed by atoms with Gasteiger partial charge in [0.2, 0.25) is 5.91 Å². The highest BCUT2D eigenvalue weighted by Gasteiger charge is 2.35. The third-order valence-electron chi connectivity index (χ3n) is 9.82. The standard InChI is InChI=1S/C42H49N5O10.C2H6/c1-2-57-39(49)30-45-29-33(13-14-38(45)48)46(40(50)32-9-7-15-44(28-32)37-27-43-26-31-8-3-4-10-34(31)37)16-18-53-20-22-55-24-25-56-23-21-54-19-17-47-41(51)35-11-5-6-12-36(35)42(47)52;1-2/h3-6,8,10-14,26-27,29,32H,2,7,9,15-25,28,30H2,1H3;1-2H3/t32-;/m0./s1. The van der Waals surface area contributed by atoms with E-state index in [2.05, 4.69) is 16.0 Å². The summed E-state index contributed by atoms with van der Waals surface area (Å²) in [7, 11) is 0. The summed E-state index contributed by atoms with van der Waals surface area (Å²) in [6.45, 7) is 9.68. The topological polar surface area (TPSA) is 159 Å². The van der Waals surface area contributed by atoms with Crippen molar-refractivity contribution in [1.29, 1.82) is 0 Å². The van der Waals surface area contributed by atoms with Crippen molar-refractivity contribution >= 4 is 45.8 Å². The Balaban J connectivity index is 0.00000326. The first kappa shape index (κ1) is 44.6. The van der Waals surface area contributed by atoms with Gasteiger partial charge in [-0.2, -0.15) is 0 Å². The van der Waals surface area contributed by atoms with Crippen LogP contribution < -0.4 is 15.4 Å². The molecular weight excluding hydrogens is 759 g/mol. The molecule has 0 spiro atoms. The first-order valence-corrected chi connectivity index (χ1v) is 20.4. The third kappa shape index (κ3) is 12.0. The highest BCUT2D eigenvalue weighted by atomic mass is 16.6. The fourth-order valence-electron chi connectivity index (χ4n) is 7.00. The molecule has 4 aromatic rings. The van der Waals surface area contributed by atoms with E-state index in [1.165, 1.54) is 21.7 Å². The maximum absolute atomic E-state index is 14.3. The van der Waals surface area contributed by atoms with E-state index in [9.17, 15) is 24.0 Å². The number of pyridine rings is 2. The summed E-state index contributed by atoms with van der Waals surface area (Å²) in [5, 5.41) is 2.11. The smallest absolute Gasteiger partial charge is 0.326 e. The predicted octanol–water partition coefficient (Wildman–Crippen LogP) is 4.60. The van der Waals surface area contributed by atoms with Gasteiger partial charge in [-0.1, -0.05) is 50.2 Å². The van der Waals surface area contributed by atoms with E-state index in [1.807, 2.05) is 44.4 Å². The molecule has 15 heteroatoms. The number of benzene rings is 2. The predicted molar refractivity (Wildman–Crippen MR) is 223 cm³/mol. The highest BCUT2D eigenvalue weighted by Crippen LogP contribution is 2.31. The van der Waals surface area contributed by atoms with Crippen LogP contribution in [0.1, 0.15) is 54.3 Å². The Morgan fingerprint density at radius 2 is 1.41 bits per heavy atom. The Kier molecular flexibility index (Phi) is 17.5. The van der Waals surface area contributed by atoms with Gasteiger partial charge >= 0.3 is 5.97 Å². The Hall–Kier alpha value is -5.48. The number of hydrogen-bond acceptors (Lipinski definition) is 12. The van der Waals surface area contributed by atoms with Gasteiger partial charge in [0.15, 0.2) is 0 Å². The van der Waals surface area contributed by atoms with Crippen LogP contribution in [0.3, 0.4) is 0 Å². The number of esters is 1. The highest BCUT2D eigenvalue weighted by molar-refractivity contribution is 6.21. The van der Waals surface area contributed by atoms with Crippen molar-refractivity contribution in [1.82, 2.24) is 14.5 Å². The monoisotopic (exact) mass is 813 g/mol. The summed E-state index contributed by atoms with van der Waals surface area (Å²) >= 11 is 0. The molecule has 1 fully saturated rings. The molecule has 4 heterocycles. The van der Waals surface area contributed by atoms with Crippen LogP contribution in [0, 0.1) is 5.92 Å². The van der Waals surface area contributed by atoms with Crippen LogP contribution in [0.2, 0.25) is 0 Å². The number of hydrogen-bond donors (Lipinski definition) is 0. The number of carbonyl (C=O) groups is 4. The summed E-state index contributed by atoms with van der Waals surface area (Å²) in [5.74, 6) is -1.58. The molecule has 6 rings (SSSR count). The molecule has 0 bridgehead atoms. The molecular formula is C44H55N5O10. The number of fused-ring (bicyclic) bond motifs is 2. The molecule has 2 aliphatic heterocycles. The molecule has 2 aromatic heterocycles. The van der Waals surface area contributed by atoms with Gasteiger partial charge in [-0.25, -0.2) is 0 Å². The molecule has 0 aliphatic carbocycles. The Labute approximate surface area is 344 Å². The maximum atomic E-state index is 14.3. The number of rotatable bonds is 21. The largest absolute Gasteiger partial charge is 0.465 e. The lowest BCUT2D eigenvalue weighted by molar-refractivity contribution is -0.143. The average Bonchev–Trinajstić information content (AvgIpc) is 3.51. The minimum Gasteiger partial charge on any atom is -0.465 e. The van der Waals surface area contributed by atoms with Crippen LogP contribution in [-0.2, 0) is 39.8 Å². The lowest BCUT2D eigenvalue weighted by Crippen LogP contribution is -2.46. The Morgan fingerprint density at radius 3 is 2.08 bits per heavy atom. The molecule has 15 nitrogen and oxygen atoms in total. The molecule has 2 aliphatic rings. The zero-order chi connectivity index (χ0) is 42.0. The average molecular weight is 814 g/mol. The number of ether oxygens (including phenoxy) is 5. The molecule has 59 heavy (non-hydrogen) atoms. The number of amides is 3. The summed E-state index contributed by atoms with van der Waals surface area (Å²) in [5.41, 5.74) is 1.92. The molecule has 1 atom stereocenters. The maximum Gasteiger partial charge on any atom is 0.326 e. The minimum absolute atomic E-state index is 0.0983. The lowest BCUT2D eigenvalue weighted by atomic mass is 9.95. The van der Waals surface area contributed by atoms with E-state index in [-0.39, 0.29) is 75.3 Å². The van der Waals surface area contributed by atoms with Gasteiger partial charge < -0.3 is 38.1 Å². The molecule has 0 saturated carbocycles. The molecule has 3 amide bonds. The second-order valence-electron chi connectivity index (χ2n) is 13.6. The number of imide groups is 1. The molecule has 2 aromatic carbocycles. The molecule has 0 N–H and O–H groups in total. The number of anilines is 2. The number of carbonyl (C=O) groups excluding carboxylic acids is 4. The fourth-order valence-corrected chi connectivity index (χ4v) is 7.00. The lowest BCUT2D eigenvalue weighted by Gasteiger charge is -2.36. The van der Waals surface area contributed by atoms with Crippen molar-refractivity contribution in [2.24, 2.45) is 5.92 Å². The van der Waals surface area contributed by atoms with Crippen LogP contribution in [-0.4, -0.2) is 124 Å². The molecule has 316 valence electrons. The van der Waals surface area contributed by atoms with E-state index in [0.29, 0.717) is 62.8 Å². The van der Waals surface area contributed by atoms with E-state index in [0.717, 1.165) is 29.4 Å². The van der Waals surface area contributed by atoms with Crippen molar-refractivity contribution in [2.75, 3.05) is 95.4 Å². The summed E-state index contributed by atoms with van der Waals surface area (Å²) < 4.78 is 28.9. The second kappa shape index (κ2) is 23.2. The van der Waals surface area contributed by atoms with Crippen LogP contribution in [0.15, 0.2) is 84.0 Å². The quantitative estimate of drug-likeness (QED) is 0.0655. The van der Waals surface area contributed by atoms with Crippen LogP contribution in [0.4, 0.5) is 11.4 Å². The third-order valence-corrected chi connectivity index (χ3v) is 9.82. The van der Waals surface area contributed by atoms with Crippen molar-refractivity contribution < 1.29 is 42.9 Å². The first-order chi connectivity index (χ1) is 28.9. The summed E-state index contributed by atoms with van der Waals surface area (Å²) in [6, 6.07) is 17.8. The van der Waals surface area contributed by atoms with Crippen LogP contribution in [0.25, 0.3) is 10.8 Å². The van der Waals surface area contributed by atoms with Gasteiger partial charge in [0.25, 0.3) is 17.4 Å². The zero-order valence-electron chi connectivity index (χ0n) is 34.2. The fraction of sp³-hybridized carbons (Fsp3) is 0.455. The Bertz CT molecular complexity index is 2030. The summed E-state index contributed by atoms with van der Waals surface area (Å²) in [6.07, 6.45) is 6.73. The van der Waals surface area contributed by atoms with Gasteiger partial charge in [-0.05, 0) is 38.0 Å². The van der Waals surface area contributed by atoms with Gasteiger partial charge in [-0.3, -0.25) is 33.9 Å². The number of aromatic nitrogens is 2. The number of nitrogens with zero attached hydrogens (tertiary/aromatic N) is 5. The van der Waals surface area contributed by atoms with Gasteiger partial charge in [0.1, 0.15) is 6.54 Å². The molecule has 0 unspecified atom stereocenters. The normalized spacial score (nSPS) is 14.9. The van der Waals surface area contributed by atoms with Crippen molar-refractivity contribution in [3.8, 4) is 0 Å². The second-order valence-corrected chi connectivity index (χ2v) is 13.6. The number of piperidine rings is 1. The van der Waals surface area contributed by atoms with Crippen LogP contribution >= 0.6 is 0 Å². The van der Waals surface area contributed by atoms with Gasteiger partial charge in [0, 0.05) is 48.9 Å². The van der Waals surface area contributed by atoms with Crippen molar-refractivity contribution in [3.05, 3.63) is 101 Å². The summed E-state index contributed by atoms with van der Waals surface area (Å²) in [4.78, 5) is 73.6. The van der Waals surface area contributed by atoms with Gasteiger partial charge in [-0.15, -0.1) is 0 Å². The minimum atomic E-state index is -0.541. The van der Waals surface area contributed by atoms with E-state index in [1.54, 1.807) is 42.2 Å².